The van der Waals surface area contributed by atoms with Crippen molar-refractivity contribution in [1.82, 2.24) is 19.8 Å². The number of hydrogen-bond acceptors (Lipinski definition) is 3. The third-order valence-corrected chi connectivity index (χ3v) is 7.39. The molecule has 2 aliphatic rings. The van der Waals surface area contributed by atoms with Gasteiger partial charge in [0.05, 0.1) is 17.3 Å². The highest BCUT2D eigenvalue weighted by molar-refractivity contribution is 6.02. The molecule has 5 heteroatoms. The van der Waals surface area contributed by atoms with Crippen LogP contribution >= 0.6 is 0 Å². The van der Waals surface area contributed by atoms with Crippen LogP contribution in [0.15, 0.2) is 73.1 Å². The van der Waals surface area contributed by atoms with Gasteiger partial charge in [-0.1, -0.05) is 54.7 Å². The normalized spacial score (nSPS) is 17.2. The molecule has 3 heterocycles. The number of hydrogen-bond donors (Lipinski definition) is 1. The van der Waals surface area contributed by atoms with Crippen LogP contribution in [0.4, 0.5) is 0 Å². The van der Waals surface area contributed by atoms with E-state index < -0.39 is 0 Å². The third-order valence-electron chi connectivity index (χ3n) is 7.39. The highest BCUT2D eigenvalue weighted by atomic mass is 16.1. The van der Waals surface area contributed by atoms with Crippen molar-refractivity contribution >= 4 is 28.6 Å². The fourth-order valence-corrected chi connectivity index (χ4v) is 5.20. The Bertz CT molecular complexity index is 1410. The zero-order chi connectivity index (χ0) is 25.2. The maximum absolute atomic E-state index is 13.2. The molecule has 1 N–H and O–H groups in total. The highest BCUT2D eigenvalue weighted by Crippen LogP contribution is 2.35. The summed E-state index contributed by atoms with van der Waals surface area (Å²) in [5, 5.41) is 7.70. The Balaban J connectivity index is 1.54. The standard InChI is InChI=1S/C31H34N4O/c1-5-23-9-10-24(18-22(23)3)28-17-21(2)7-6-8-27(28)25-11-16-35-30(19-25)29(20-32-35)31(36)33-26-12-14-34(4)15-13-26/h5-11,16,18-20,26H,1,12-15,17H2,2-4H3,(H,33,36). The van der Waals surface area contributed by atoms with Crippen LogP contribution in [0, 0.1) is 6.92 Å². The molecule has 1 saturated heterocycles. The van der Waals surface area contributed by atoms with E-state index >= 15 is 0 Å². The quantitative estimate of drug-likeness (QED) is 0.495. The summed E-state index contributed by atoms with van der Waals surface area (Å²) in [6.07, 6.45) is 14.8. The number of nitrogens with one attached hydrogen (secondary N) is 1. The van der Waals surface area contributed by atoms with Crippen LogP contribution in [0.25, 0.3) is 22.7 Å². The molecular weight excluding hydrogens is 444 g/mol. The summed E-state index contributed by atoms with van der Waals surface area (Å²) in [7, 11) is 2.13. The third kappa shape index (κ3) is 4.84. The van der Waals surface area contributed by atoms with Crippen LogP contribution in [0.2, 0.25) is 0 Å². The molecular formula is C31H34N4O. The van der Waals surface area contributed by atoms with Crippen LogP contribution in [-0.2, 0) is 0 Å². The number of aromatic nitrogens is 2. The van der Waals surface area contributed by atoms with Crippen LogP contribution in [-0.4, -0.2) is 46.6 Å². The predicted octanol–water partition coefficient (Wildman–Crippen LogP) is 5.93. The average Bonchev–Trinajstić information content (AvgIpc) is 3.20. The Hall–Kier alpha value is -3.70. The van der Waals surface area contributed by atoms with Crippen molar-refractivity contribution in [3.8, 4) is 0 Å². The minimum atomic E-state index is -0.0459. The molecule has 184 valence electrons. The fourth-order valence-electron chi connectivity index (χ4n) is 5.20. The second-order valence-electron chi connectivity index (χ2n) is 10.1. The van der Waals surface area contributed by atoms with Crippen molar-refractivity contribution < 1.29 is 4.79 Å². The Morgan fingerprint density at radius 2 is 1.94 bits per heavy atom. The number of allylic oxidation sites excluding steroid dienone is 6. The van der Waals surface area contributed by atoms with E-state index in [1.54, 1.807) is 10.7 Å². The Morgan fingerprint density at radius 3 is 2.69 bits per heavy atom. The fraction of sp³-hybridized carbons (Fsp3) is 0.290. The van der Waals surface area contributed by atoms with Gasteiger partial charge in [-0.05, 0) is 98.8 Å². The van der Waals surface area contributed by atoms with Crippen LogP contribution in [0.5, 0.6) is 0 Å². The first-order valence-electron chi connectivity index (χ1n) is 12.7. The van der Waals surface area contributed by atoms with Gasteiger partial charge in [-0.2, -0.15) is 5.10 Å². The lowest BCUT2D eigenvalue weighted by Gasteiger charge is -2.29. The number of carbonyl (C=O) groups is 1. The summed E-state index contributed by atoms with van der Waals surface area (Å²) in [5.74, 6) is -0.0459. The van der Waals surface area contributed by atoms with Gasteiger partial charge >= 0.3 is 0 Å². The molecule has 1 amide bonds. The lowest BCUT2D eigenvalue weighted by molar-refractivity contribution is 0.0918. The topological polar surface area (TPSA) is 49.6 Å². The molecule has 0 bridgehead atoms. The number of amides is 1. The molecule has 1 aliphatic heterocycles. The summed E-state index contributed by atoms with van der Waals surface area (Å²) in [5.41, 5.74) is 9.85. The van der Waals surface area contributed by atoms with Crippen molar-refractivity contribution in [3.05, 3.63) is 101 Å². The number of benzene rings is 1. The molecule has 0 unspecified atom stereocenters. The lowest BCUT2D eigenvalue weighted by atomic mass is 9.90. The maximum atomic E-state index is 13.2. The second kappa shape index (κ2) is 10.1. The summed E-state index contributed by atoms with van der Waals surface area (Å²) in [6.45, 7) is 10.2. The van der Waals surface area contributed by atoms with Crippen LogP contribution < -0.4 is 5.32 Å². The van der Waals surface area contributed by atoms with Crippen molar-refractivity contribution in [2.75, 3.05) is 20.1 Å². The monoisotopic (exact) mass is 478 g/mol. The summed E-state index contributed by atoms with van der Waals surface area (Å²) in [4.78, 5) is 15.5. The molecule has 1 aliphatic carbocycles. The van der Waals surface area contributed by atoms with Crippen molar-refractivity contribution in [1.29, 1.82) is 0 Å². The Kier molecular flexibility index (Phi) is 6.75. The SMILES string of the molecule is C=Cc1ccc(C2=C(c3ccn4ncc(C(=O)NC5CCN(C)CC5)c4c3)C=CC=C(C)C2)cc1C. The van der Waals surface area contributed by atoms with E-state index in [9.17, 15) is 4.79 Å². The number of fused-ring (bicyclic) bond motifs is 1. The lowest BCUT2D eigenvalue weighted by Crippen LogP contribution is -2.43. The van der Waals surface area contributed by atoms with Crippen molar-refractivity contribution in [2.24, 2.45) is 0 Å². The first kappa shape index (κ1) is 24.0. The van der Waals surface area contributed by atoms with E-state index in [1.807, 2.05) is 12.3 Å². The molecule has 0 atom stereocenters. The van der Waals surface area contributed by atoms with Gasteiger partial charge in [-0.25, -0.2) is 4.52 Å². The minimum Gasteiger partial charge on any atom is -0.349 e. The van der Waals surface area contributed by atoms with Gasteiger partial charge in [-0.15, -0.1) is 0 Å². The number of rotatable bonds is 5. The predicted molar refractivity (Wildman–Crippen MR) is 149 cm³/mol. The smallest absolute Gasteiger partial charge is 0.255 e. The summed E-state index contributed by atoms with van der Waals surface area (Å²) in [6, 6.07) is 11.0. The average molecular weight is 479 g/mol. The van der Waals surface area contributed by atoms with E-state index in [1.165, 1.54) is 27.8 Å². The zero-order valence-corrected chi connectivity index (χ0v) is 21.4. The molecule has 1 fully saturated rings. The maximum Gasteiger partial charge on any atom is 0.255 e. The van der Waals surface area contributed by atoms with Gasteiger partial charge < -0.3 is 10.2 Å². The molecule has 0 radical (unpaired) electrons. The zero-order valence-electron chi connectivity index (χ0n) is 21.4. The summed E-state index contributed by atoms with van der Waals surface area (Å²) >= 11 is 0. The van der Waals surface area contributed by atoms with Crippen molar-refractivity contribution in [3.63, 3.8) is 0 Å². The molecule has 1 aromatic carbocycles. The van der Waals surface area contributed by atoms with Gasteiger partial charge in [0.2, 0.25) is 0 Å². The molecule has 2 aromatic heterocycles. The number of piperidine rings is 1. The molecule has 0 saturated carbocycles. The number of carbonyl (C=O) groups excluding carboxylic acids is 1. The van der Waals surface area contributed by atoms with Crippen LogP contribution in [0.1, 0.15) is 58.8 Å². The van der Waals surface area contributed by atoms with Crippen molar-refractivity contribution in [2.45, 2.75) is 39.2 Å². The molecule has 0 spiro atoms. The largest absolute Gasteiger partial charge is 0.349 e. The molecule has 3 aromatic rings. The second-order valence-corrected chi connectivity index (χ2v) is 10.1. The molecule has 5 nitrogen and oxygen atoms in total. The van der Waals surface area contributed by atoms with Gasteiger partial charge in [0.25, 0.3) is 5.91 Å². The number of pyridine rings is 1. The van der Waals surface area contributed by atoms with E-state index in [2.05, 4.69) is 91.3 Å². The summed E-state index contributed by atoms with van der Waals surface area (Å²) < 4.78 is 1.79. The van der Waals surface area contributed by atoms with Gasteiger partial charge in [-0.3, -0.25) is 4.79 Å². The van der Waals surface area contributed by atoms with E-state index in [-0.39, 0.29) is 11.9 Å². The van der Waals surface area contributed by atoms with E-state index in [0.29, 0.717) is 5.56 Å². The Morgan fingerprint density at radius 1 is 1.14 bits per heavy atom. The van der Waals surface area contributed by atoms with Gasteiger partial charge in [0.1, 0.15) is 0 Å². The van der Waals surface area contributed by atoms with E-state index in [0.717, 1.165) is 49.0 Å². The van der Waals surface area contributed by atoms with E-state index in [4.69, 9.17) is 0 Å². The number of nitrogens with zero attached hydrogens (tertiary/aromatic N) is 3. The van der Waals surface area contributed by atoms with Gasteiger partial charge in [0, 0.05) is 12.2 Å². The molecule has 36 heavy (non-hydrogen) atoms. The number of likely N-dealkylation sites (tertiary alicyclic amines) is 1. The van der Waals surface area contributed by atoms with Gasteiger partial charge in [0.15, 0.2) is 0 Å². The Labute approximate surface area is 213 Å². The number of aryl methyl sites for hydroxylation is 1. The first-order chi connectivity index (χ1) is 17.4. The highest BCUT2D eigenvalue weighted by Gasteiger charge is 2.22. The molecule has 5 rings (SSSR count). The minimum absolute atomic E-state index is 0.0459. The first-order valence-corrected chi connectivity index (χ1v) is 12.7. The van der Waals surface area contributed by atoms with Crippen LogP contribution in [0.3, 0.4) is 0 Å².